The van der Waals surface area contributed by atoms with Gasteiger partial charge in [-0.1, -0.05) is 24.9 Å². The Labute approximate surface area is 131 Å². The maximum absolute atomic E-state index is 12.8. The summed E-state index contributed by atoms with van der Waals surface area (Å²) in [5.41, 5.74) is 0. The fourth-order valence-electron chi connectivity index (χ4n) is 2.40. The van der Waals surface area contributed by atoms with E-state index in [0.29, 0.717) is 24.4 Å². The number of nitrogens with zero attached hydrogens (tertiary/aromatic N) is 1. The van der Waals surface area contributed by atoms with E-state index in [1.807, 2.05) is 6.92 Å². The molecule has 1 fully saturated rings. The lowest BCUT2D eigenvalue weighted by atomic mass is 10.3. The van der Waals surface area contributed by atoms with Crippen LogP contribution in [0.2, 0.25) is 5.02 Å². The van der Waals surface area contributed by atoms with Crippen molar-refractivity contribution in [1.82, 2.24) is 4.90 Å². The van der Waals surface area contributed by atoms with Crippen molar-refractivity contribution in [2.24, 2.45) is 0 Å². The van der Waals surface area contributed by atoms with Crippen LogP contribution in [0.15, 0.2) is 29.2 Å². The number of amides is 1. The Hall–Kier alpha value is -1.07. The van der Waals surface area contributed by atoms with Crippen molar-refractivity contribution >= 4 is 27.3 Å². The third-order valence-corrected chi connectivity index (χ3v) is 6.68. The van der Waals surface area contributed by atoms with E-state index >= 15 is 0 Å². The molecule has 0 aliphatic heterocycles. The quantitative estimate of drug-likeness (QED) is 0.806. The van der Waals surface area contributed by atoms with Gasteiger partial charge in [0.15, 0.2) is 14.6 Å². The molecule has 0 unspecified atom stereocenters. The van der Waals surface area contributed by atoms with Crippen molar-refractivity contribution in [2.75, 3.05) is 13.6 Å². The molecule has 1 aromatic carbocycles. The highest BCUT2D eigenvalue weighted by atomic mass is 35.5. The molecule has 1 amide bonds. The zero-order valence-corrected chi connectivity index (χ0v) is 13.9. The number of unbranched alkanes of at least 4 members (excludes halogenated alkanes) is 1. The Morgan fingerprint density at radius 1 is 1.29 bits per heavy atom. The predicted molar refractivity (Wildman–Crippen MR) is 83.1 cm³/mol. The summed E-state index contributed by atoms with van der Waals surface area (Å²) >= 11 is 5.79. The van der Waals surface area contributed by atoms with Crippen molar-refractivity contribution in [3.05, 3.63) is 29.3 Å². The van der Waals surface area contributed by atoms with Gasteiger partial charge in [0.25, 0.3) is 0 Å². The average Bonchev–Trinajstić information content (AvgIpc) is 3.26. The van der Waals surface area contributed by atoms with Gasteiger partial charge in [0.05, 0.1) is 4.90 Å². The highest BCUT2D eigenvalue weighted by molar-refractivity contribution is 7.94. The summed E-state index contributed by atoms with van der Waals surface area (Å²) in [6.45, 7) is 2.63. The third kappa shape index (κ3) is 2.94. The van der Waals surface area contributed by atoms with Gasteiger partial charge in [0.1, 0.15) is 0 Å². The molecule has 6 heteroatoms. The first-order valence-electron chi connectivity index (χ1n) is 7.11. The summed E-state index contributed by atoms with van der Waals surface area (Å²) in [5, 5.41) is 0.477. The molecule has 0 radical (unpaired) electrons. The minimum atomic E-state index is -3.66. The second-order valence-electron chi connectivity index (χ2n) is 5.53. The Bertz CT molecular complexity index is 621. The van der Waals surface area contributed by atoms with Gasteiger partial charge in [-0.3, -0.25) is 4.79 Å². The third-order valence-electron chi connectivity index (χ3n) is 3.93. The number of hydrogen-bond acceptors (Lipinski definition) is 3. The van der Waals surface area contributed by atoms with Gasteiger partial charge in [0.2, 0.25) is 5.91 Å². The molecule has 0 N–H and O–H groups in total. The fraction of sp³-hybridized carbons (Fsp3) is 0.533. The molecule has 1 saturated carbocycles. The largest absolute Gasteiger partial charge is 0.344 e. The van der Waals surface area contributed by atoms with E-state index in [9.17, 15) is 13.2 Å². The lowest BCUT2D eigenvalue weighted by Crippen LogP contribution is -2.43. The van der Waals surface area contributed by atoms with Crippen LogP contribution >= 0.6 is 11.6 Å². The Balaban J connectivity index is 2.26. The topological polar surface area (TPSA) is 54.5 Å². The van der Waals surface area contributed by atoms with Crippen molar-refractivity contribution < 1.29 is 13.2 Å². The Morgan fingerprint density at radius 3 is 2.33 bits per heavy atom. The lowest BCUT2D eigenvalue weighted by molar-refractivity contribution is -0.130. The van der Waals surface area contributed by atoms with Gasteiger partial charge < -0.3 is 4.90 Å². The number of sulfone groups is 1. The maximum atomic E-state index is 12.8. The number of benzene rings is 1. The van der Waals surface area contributed by atoms with Crippen LogP contribution in [0.25, 0.3) is 0 Å². The average molecular weight is 330 g/mol. The smallest absolute Gasteiger partial charge is 0.244 e. The summed E-state index contributed by atoms with van der Waals surface area (Å²) in [6, 6.07) is 6.01. The molecule has 0 saturated heterocycles. The fourth-order valence-corrected chi connectivity index (χ4v) is 4.49. The van der Waals surface area contributed by atoms with E-state index < -0.39 is 14.6 Å². The maximum Gasteiger partial charge on any atom is 0.244 e. The van der Waals surface area contributed by atoms with Crippen LogP contribution < -0.4 is 0 Å². The van der Waals surface area contributed by atoms with Gasteiger partial charge in [-0.25, -0.2) is 8.42 Å². The number of carbonyl (C=O) groups excluding carboxylic acids is 1. The summed E-state index contributed by atoms with van der Waals surface area (Å²) in [7, 11) is -1.99. The summed E-state index contributed by atoms with van der Waals surface area (Å²) in [6.07, 6.45) is 2.63. The van der Waals surface area contributed by atoms with E-state index in [4.69, 9.17) is 11.6 Å². The first kappa shape index (κ1) is 16.3. The monoisotopic (exact) mass is 329 g/mol. The number of rotatable bonds is 6. The van der Waals surface area contributed by atoms with Gasteiger partial charge in [-0.2, -0.15) is 0 Å². The lowest BCUT2D eigenvalue weighted by Gasteiger charge is -2.23. The van der Waals surface area contributed by atoms with Crippen LogP contribution in [-0.4, -0.2) is 37.6 Å². The van der Waals surface area contributed by atoms with Crippen LogP contribution in [0.5, 0.6) is 0 Å². The first-order valence-corrected chi connectivity index (χ1v) is 8.97. The molecular formula is C15H20ClNO3S. The van der Waals surface area contributed by atoms with E-state index in [2.05, 4.69) is 0 Å². The molecule has 2 rings (SSSR count). The Kier molecular flexibility index (Phi) is 4.63. The second-order valence-corrected chi connectivity index (χ2v) is 8.23. The van der Waals surface area contributed by atoms with Crippen molar-refractivity contribution in [3.8, 4) is 0 Å². The van der Waals surface area contributed by atoms with Gasteiger partial charge in [-0.15, -0.1) is 0 Å². The van der Waals surface area contributed by atoms with E-state index in [1.54, 1.807) is 11.9 Å². The second kappa shape index (κ2) is 5.97. The Morgan fingerprint density at radius 2 is 1.86 bits per heavy atom. The number of halogens is 1. The SMILES string of the molecule is CCCCN(C)C(=O)C1(S(=O)(=O)c2ccc(Cl)cc2)CC1. The van der Waals surface area contributed by atoms with Crippen LogP contribution in [0, 0.1) is 0 Å². The minimum Gasteiger partial charge on any atom is -0.344 e. The highest BCUT2D eigenvalue weighted by Gasteiger charge is 2.61. The standard InChI is InChI=1S/C15H20ClNO3S/c1-3-4-11-17(2)14(18)15(9-10-15)21(19,20)13-7-5-12(16)6-8-13/h5-8H,3-4,9-11H2,1-2H3. The van der Waals surface area contributed by atoms with Gasteiger partial charge >= 0.3 is 0 Å². The minimum absolute atomic E-state index is 0.168. The molecule has 4 nitrogen and oxygen atoms in total. The normalized spacial score (nSPS) is 16.5. The molecular weight excluding hydrogens is 310 g/mol. The molecule has 116 valence electrons. The van der Waals surface area contributed by atoms with Crippen molar-refractivity contribution in [1.29, 1.82) is 0 Å². The number of carbonyl (C=O) groups is 1. The molecule has 0 spiro atoms. The van der Waals surface area contributed by atoms with Gasteiger partial charge in [-0.05, 0) is 43.5 Å². The van der Waals surface area contributed by atoms with Gasteiger partial charge in [0, 0.05) is 18.6 Å². The van der Waals surface area contributed by atoms with Crippen molar-refractivity contribution in [3.63, 3.8) is 0 Å². The number of hydrogen-bond donors (Lipinski definition) is 0. The van der Waals surface area contributed by atoms with E-state index in [1.165, 1.54) is 24.3 Å². The molecule has 0 heterocycles. The molecule has 1 aliphatic carbocycles. The van der Waals surface area contributed by atoms with E-state index in [0.717, 1.165) is 12.8 Å². The molecule has 0 aromatic heterocycles. The molecule has 0 atom stereocenters. The molecule has 1 aliphatic rings. The first-order chi connectivity index (χ1) is 9.85. The molecule has 21 heavy (non-hydrogen) atoms. The summed E-state index contributed by atoms with van der Waals surface area (Å²) in [5.74, 6) is -0.286. The zero-order chi connectivity index (χ0) is 15.7. The highest BCUT2D eigenvalue weighted by Crippen LogP contribution is 2.48. The predicted octanol–water partition coefficient (Wildman–Crippen LogP) is 2.90. The molecule has 0 bridgehead atoms. The van der Waals surface area contributed by atoms with Crippen LogP contribution in [0.3, 0.4) is 0 Å². The van der Waals surface area contributed by atoms with E-state index in [-0.39, 0.29) is 10.8 Å². The zero-order valence-electron chi connectivity index (χ0n) is 12.3. The van der Waals surface area contributed by atoms with Crippen LogP contribution in [0.1, 0.15) is 32.6 Å². The van der Waals surface area contributed by atoms with Crippen molar-refractivity contribution in [2.45, 2.75) is 42.2 Å². The summed E-state index contributed by atoms with van der Waals surface area (Å²) in [4.78, 5) is 14.3. The summed E-state index contributed by atoms with van der Waals surface area (Å²) < 4.78 is 24.3. The molecule has 1 aromatic rings. The van der Waals surface area contributed by atoms with Crippen LogP contribution in [-0.2, 0) is 14.6 Å². The van der Waals surface area contributed by atoms with Crippen LogP contribution in [0.4, 0.5) is 0 Å².